The van der Waals surface area contributed by atoms with E-state index in [1.165, 1.54) is 0 Å². The molecule has 0 unspecified atom stereocenters. The molecule has 0 aliphatic heterocycles. The van der Waals surface area contributed by atoms with Crippen LogP contribution in [0.2, 0.25) is 0 Å². The maximum atomic E-state index is 5.62. The summed E-state index contributed by atoms with van der Waals surface area (Å²) in [5.74, 6) is 0.794. The van der Waals surface area contributed by atoms with Gasteiger partial charge in [-0.15, -0.1) is 21.5 Å². The minimum atomic E-state index is 0.398. The van der Waals surface area contributed by atoms with Gasteiger partial charge in [-0.2, -0.15) is 0 Å². The molecule has 0 fully saturated rings. The number of rotatable bonds is 2. The standard InChI is InChI=1S/C9H9N5S/c10-3-8-12-13-9-14(8)7(5-15-9)6-1-2-11-4-6/h1-2,4-5,11H,3,10H2. The minimum absolute atomic E-state index is 0.398. The van der Waals surface area contributed by atoms with Crippen molar-refractivity contribution in [2.45, 2.75) is 6.54 Å². The van der Waals surface area contributed by atoms with Crippen LogP contribution in [0.4, 0.5) is 0 Å². The summed E-state index contributed by atoms with van der Waals surface area (Å²) in [6.07, 6.45) is 3.84. The van der Waals surface area contributed by atoms with E-state index in [0.29, 0.717) is 6.54 Å². The Bertz CT molecular complexity index is 577. The first kappa shape index (κ1) is 8.63. The van der Waals surface area contributed by atoms with E-state index >= 15 is 0 Å². The molecular weight excluding hydrogens is 210 g/mol. The van der Waals surface area contributed by atoms with Gasteiger partial charge in [0, 0.05) is 23.3 Å². The normalized spacial score (nSPS) is 11.3. The third-order valence-corrected chi connectivity index (χ3v) is 3.11. The van der Waals surface area contributed by atoms with Crippen LogP contribution in [0, 0.1) is 0 Å². The Morgan fingerprint density at radius 3 is 3.13 bits per heavy atom. The Hall–Kier alpha value is -1.66. The number of fused-ring (bicyclic) bond motifs is 1. The van der Waals surface area contributed by atoms with Gasteiger partial charge < -0.3 is 10.7 Å². The van der Waals surface area contributed by atoms with Crippen molar-refractivity contribution < 1.29 is 0 Å². The van der Waals surface area contributed by atoms with Crippen molar-refractivity contribution >= 4 is 16.3 Å². The number of nitrogens with two attached hydrogens (primary N) is 1. The van der Waals surface area contributed by atoms with Crippen molar-refractivity contribution in [1.29, 1.82) is 0 Å². The summed E-state index contributed by atoms with van der Waals surface area (Å²) in [6.45, 7) is 0.398. The summed E-state index contributed by atoms with van der Waals surface area (Å²) in [4.78, 5) is 3.91. The van der Waals surface area contributed by atoms with Gasteiger partial charge in [0.25, 0.3) is 0 Å². The molecule has 3 aromatic rings. The molecule has 3 heterocycles. The average molecular weight is 219 g/mol. The lowest BCUT2D eigenvalue weighted by Gasteiger charge is -1.97. The summed E-state index contributed by atoms with van der Waals surface area (Å²) >= 11 is 1.57. The Balaban J connectivity index is 2.31. The van der Waals surface area contributed by atoms with Gasteiger partial charge in [0.05, 0.1) is 12.2 Å². The number of hydrogen-bond donors (Lipinski definition) is 2. The molecule has 3 N–H and O–H groups in total. The number of thiazole rings is 1. The predicted octanol–water partition coefficient (Wildman–Crippen LogP) is 1.24. The quantitative estimate of drug-likeness (QED) is 0.681. The fourth-order valence-corrected chi connectivity index (χ4v) is 2.45. The van der Waals surface area contributed by atoms with Gasteiger partial charge in [0.2, 0.25) is 4.96 Å². The molecule has 0 saturated heterocycles. The Kier molecular flexibility index (Phi) is 1.83. The van der Waals surface area contributed by atoms with Crippen LogP contribution in [0.15, 0.2) is 23.8 Å². The maximum absolute atomic E-state index is 5.62. The van der Waals surface area contributed by atoms with Gasteiger partial charge in [-0.25, -0.2) is 0 Å². The number of hydrogen-bond acceptors (Lipinski definition) is 4. The minimum Gasteiger partial charge on any atom is -0.367 e. The molecule has 5 nitrogen and oxygen atoms in total. The summed E-state index contributed by atoms with van der Waals surface area (Å²) in [5.41, 5.74) is 7.82. The lowest BCUT2D eigenvalue weighted by Crippen LogP contribution is -2.02. The van der Waals surface area contributed by atoms with E-state index in [0.717, 1.165) is 22.0 Å². The predicted molar refractivity (Wildman–Crippen MR) is 58.5 cm³/mol. The number of H-pyrrole nitrogens is 1. The molecule has 0 saturated carbocycles. The van der Waals surface area contributed by atoms with Crippen LogP contribution in [0.3, 0.4) is 0 Å². The highest BCUT2D eigenvalue weighted by Crippen LogP contribution is 2.25. The van der Waals surface area contributed by atoms with Crippen molar-refractivity contribution in [3.63, 3.8) is 0 Å². The zero-order chi connectivity index (χ0) is 10.3. The van der Waals surface area contributed by atoms with Gasteiger partial charge >= 0.3 is 0 Å². The molecule has 3 rings (SSSR count). The Morgan fingerprint density at radius 1 is 1.47 bits per heavy atom. The molecule has 0 aliphatic carbocycles. The van der Waals surface area contributed by atoms with E-state index in [1.807, 2.05) is 22.9 Å². The van der Waals surface area contributed by atoms with Gasteiger partial charge in [0.15, 0.2) is 5.82 Å². The van der Waals surface area contributed by atoms with E-state index in [2.05, 4.69) is 20.6 Å². The van der Waals surface area contributed by atoms with Gasteiger partial charge in [-0.3, -0.25) is 4.40 Å². The molecule has 0 atom stereocenters. The SMILES string of the molecule is NCc1nnc2scc(-c3cc[nH]c3)n12. The third-order valence-electron chi connectivity index (χ3n) is 2.29. The molecule has 0 aliphatic rings. The second-order valence-corrected chi connectivity index (χ2v) is 4.00. The fourth-order valence-electron chi connectivity index (χ4n) is 1.59. The van der Waals surface area contributed by atoms with Crippen molar-refractivity contribution in [2.24, 2.45) is 5.73 Å². The van der Waals surface area contributed by atoms with Gasteiger partial charge in [0.1, 0.15) is 0 Å². The highest BCUT2D eigenvalue weighted by Gasteiger charge is 2.11. The number of nitrogens with zero attached hydrogens (tertiary/aromatic N) is 3. The van der Waals surface area contributed by atoms with E-state index in [-0.39, 0.29) is 0 Å². The van der Waals surface area contributed by atoms with Crippen LogP contribution in [-0.4, -0.2) is 19.6 Å². The zero-order valence-corrected chi connectivity index (χ0v) is 8.66. The molecule has 15 heavy (non-hydrogen) atoms. The second-order valence-electron chi connectivity index (χ2n) is 3.16. The van der Waals surface area contributed by atoms with Crippen LogP contribution in [0.5, 0.6) is 0 Å². The van der Waals surface area contributed by atoms with Crippen molar-refractivity contribution in [2.75, 3.05) is 0 Å². The molecule has 0 spiro atoms. The smallest absolute Gasteiger partial charge is 0.216 e. The van der Waals surface area contributed by atoms with Gasteiger partial charge in [-0.05, 0) is 6.07 Å². The summed E-state index contributed by atoms with van der Waals surface area (Å²) in [5, 5.41) is 10.2. The number of nitrogens with one attached hydrogen (secondary N) is 1. The first-order chi connectivity index (χ1) is 7.40. The van der Waals surface area contributed by atoms with E-state index in [1.54, 1.807) is 11.3 Å². The highest BCUT2D eigenvalue weighted by molar-refractivity contribution is 7.15. The Morgan fingerprint density at radius 2 is 2.40 bits per heavy atom. The maximum Gasteiger partial charge on any atom is 0.216 e. The second kappa shape index (κ2) is 3.18. The molecule has 0 bridgehead atoms. The molecule has 0 amide bonds. The molecule has 0 radical (unpaired) electrons. The molecular formula is C9H9N5S. The van der Waals surface area contributed by atoms with Crippen LogP contribution in [0.25, 0.3) is 16.2 Å². The lowest BCUT2D eigenvalue weighted by atomic mass is 10.3. The highest BCUT2D eigenvalue weighted by atomic mass is 32.1. The van der Waals surface area contributed by atoms with E-state index in [4.69, 9.17) is 5.73 Å². The molecule has 76 valence electrons. The molecule has 3 aromatic heterocycles. The fraction of sp³-hybridized carbons (Fsp3) is 0.111. The number of aromatic nitrogens is 4. The monoisotopic (exact) mass is 219 g/mol. The summed E-state index contributed by atoms with van der Waals surface area (Å²) in [6, 6.07) is 2.02. The van der Waals surface area contributed by atoms with Crippen molar-refractivity contribution in [3.05, 3.63) is 29.7 Å². The van der Waals surface area contributed by atoms with Crippen molar-refractivity contribution in [1.82, 2.24) is 19.6 Å². The van der Waals surface area contributed by atoms with E-state index < -0.39 is 0 Å². The first-order valence-corrected chi connectivity index (χ1v) is 5.43. The largest absolute Gasteiger partial charge is 0.367 e. The number of aromatic amines is 1. The van der Waals surface area contributed by atoms with Crippen LogP contribution in [-0.2, 0) is 6.54 Å². The van der Waals surface area contributed by atoms with Crippen molar-refractivity contribution in [3.8, 4) is 11.3 Å². The van der Waals surface area contributed by atoms with Crippen LogP contribution in [0.1, 0.15) is 5.82 Å². The summed E-state index contributed by atoms with van der Waals surface area (Å²) in [7, 11) is 0. The zero-order valence-electron chi connectivity index (χ0n) is 7.84. The van der Waals surface area contributed by atoms with Crippen LogP contribution >= 0.6 is 11.3 Å². The topological polar surface area (TPSA) is 72.0 Å². The summed E-state index contributed by atoms with van der Waals surface area (Å²) < 4.78 is 1.99. The first-order valence-electron chi connectivity index (χ1n) is 4.55. The third kappa shape index (κ3) is 1.19. The molecule has 0 aromatic carbocycles. The molecule has 6 heteroatoms. The van der Waals surface area contributed by atoms with E-state index in [9.17, 15) is 0 Å². The Labute approximate surface area is 89.6 Å². The lowest BCUT2D eigenvalue weighted by molar-refractivity contribution is 0.887. The average Bonchev–Trinajstić information content (AvgIpc) is 2.94. The van der Waals surface area contributed by atoms with Crippen LogP contribution < -0.4 is 5.73 Å². The van der Waals surface area contributed by atoms with Gasteiger partial charge in [-0.1, -0.05) is 0 Å².